The molecule has 6 nitrogen and oxygen atoms in total. The molecule has 0 atom stereocenters. The summed E-state index contributed by atoms with van der Waals surface area (Å²) in [6.45, 7) is 0.482. The maximum Gasteiger partial charge on any atom is 0.246 e. The van der Waals surface area contributed by atoms with Crippen molar-refractivity contribution in [2.75, 3.05) is 20.2 Å². The fourth-order valence-corrected chi connectivity index (χ4v) is 5.91. The summed E-state index contributed by atoms with van der Waals surface area (Å²) in [5.74, 6) is -0.648. The molecule has 1 saturated heterocycles. The summed E-state index contributed by atoms with van der Waals surface area (Å²) in [4.78, 5) is 12.5. The Morgan fingerprint density at radius 3 is 2.31 bits per heavy atom. The highest BCUT2D eigenvalue weighted by Crippen LogP contribution is 2.30. The zero-order valence-electron chi connectivity index (χ0n) is 17.0. The summed E-state index contributed by atoms with van der Waals surface area (Å²) >= 11 is 0. The zero-order chi connectivity index (χ0) is 20.9. The monoisotopic (exact) mass is 426 g/mol. The van der Waals surface area contributed by atoms with Crippen LogP contribution < -0.4 is 10.1 Å². The van der Waals surface area contributed by atoms with Gasteiger partial charge in [0.05, 0.1) is 7.11 Å². The van der Waals surface area contributed by atoms with Gasteiger partial charge in [-0.15, -0.1) is 0 Å². The molecule has 1 aromatic rings. The normalized spacial score (nSPS) is 20.6. The van der Waals surface area contributed by atoms with E-state index in [4.69, 9.17) is 4.74 Å². The molecule has 1 saturated carbocycles. The van der Waals surface area contributed by atoms with Gasteiger partial charge in [-0.2, -0.15) is 4.31 Å². The van der Waals surface area contributed by atoms with Crippen LogP contribution >= 0.6 is 0 Å². The third kappa shape index (κ3) is 5.48. The fourth-order valence-electron chi connectivity index (χ4n) is 4.27. The molecule has 1 aliphatic carbocycles. The number of piperidine rings is 1. The zero-order valence-corrected chi connectivity index (χ0v) is 17.8. The summed E-state index contributed by atoms with van der Waals surface area (Å²) in [6.07, 6.45) is 9.03. The highest BCUT2D eigenvalue weighted by atomic mass is 32.2. The summed E-state index contributed by atoms with van der Waals surface area (Å²) in [7, 11) is -2.52. The Morgan fingerprint density at radius 2 is 1.69 bits per heavy atom. The minimum absolute atomic E-state index is 0.0379. The Balaban J connectivity index is 1.59. The van der Waals surface area contributed by atoms with E-state index in [1.165, 1.54) is 42.8 Å². The molecule has 0 aromatic heterocycles. The van der Waals surface area contributed by atoms with E-state index in [1.807, 2.05) is 0 Å². The van der Waals surface area contributed by atoms with E-state index < -0.39 is 15.8 Å². The van der Waals surface area contributed by atoms with Crippen molar-refractivity contribution in [2.45, 2.75) is 68.7 Å². The lowest BCUT2D eigenvalue weighted by Crippen LogP contribution is -2.45. The Hall–Kier alpha value is -1.67. The van der Waals surface area contributed by atoms with Gasteiger partial charge in [-0.05, 0) is 43.9 Å². The van der Waals surface area contributed by atoms with Crippen LogP contribution in [0.25, 0.3) is 0 Å². The van der Waals surface area contributed by atoms with Crippen molar-refractivity contribution in [1.29, 1.82) is 0 Å². The molecule has 162 valence electrons. The smallest absolute Gasteiger partial charge is 0.246 e. The number of nitrogens with one attached hydrogen (secondary N) is 1. The molecule has 2 fully saturated rings. The van der Waals surface area contributed by atoms with E-state index in [0.29, 0.717) is 12.8 Å². The molecule has 29 heavy (non-hydrogen) atoms. The lowest BCUT2D eigenvalue weighted by Gasteiger charge is -2.32. The van der Waals surface area contributed by atoms with E-state index in [0.717, 1.165) is 31.7 Å². The first kappa shape index (κ1) is 22.0. The predicted molar refractivity (Wildman–Crippen MR) is 109 cm³/mol. The second kappa shape index (κ2) is 9.89. The van der Waals surface area contributed by atoms with Crippen LogP contribution in [0.4, 0.5) is 4.39 Å². The van der Waals surface area contributed by atoms with Gasteiger partial charge in [-0.3, -0.25) is 4.79 Å². The lowest BCUT2D eigenvalue weighted by molar-refractivity contribution is -0.127. The molecule has 1 heterocycles. The van der Waals surface area contributed by atoms with Gasteiger partial charge in [0.15, 0.2) is 0 Å². The van der Waals surface area contributed by atoms with Crippen LogP contribution in [-0.4, -0.2) is 44.9 Å². The molecule has 1 aliphatic heterocycles. The van der Waals surface area contributed by atoms with Gasteiger partial charge in [0.1, 0.15) is 16.5 Å². The molecule has 1 aromatic carbocycles. The Morgan fingerprint density at radius 1 is 1.07 bits per heavy atom. The maximum atomic E-state index is 13.6. The Labute approximate surface area is 172 Å². The second-order valence-corrected chi connectivity index (χ2v) is 9.93. The number of rotatable bonds is 5. The molecule has 1 N–H and O–H groups in total. The van der Waals surface area contributed by atoms with Gasteiger partial charge in [-0.25, -0.2) is 12.8 Å². The molecule has 8 heteroatoms. The number of benzene rings is 1. The van der Waals surface area contributed by atoms with Crippen LogP contribution in [0, 0.1) is 11.7 Å². The average Bonchev–Trinajstić information content (AvgIpc) is 2.70. The van der Waals surface area contributed by atoms with E-state index in [2.05, 4.69) is 5.32 Å². The molecule has 0 spiro atoms. The highest BCUT2D eigenvalue weighted by Gasteiger charge is 2.34. The molecule has 1 amide bonds. The topological polar surface area (TPSA) is 75.7 Å². The van der Waals surface area contributed by atoms with Crippen molar-refractivity contribution in [3.05, 3.63) is 24.0 Å². The molecule has 2 aliphatic rings. The number of carbonyl (C=O) groups is 1. The van der Waals surface area contributed by atoms with Crippen molar-refractivity contribution < 1.29 is 22.3 Å². The quantitative estimate of drug-likeness (QED) is 0.782. The summed E-state index contributed by atoms with van der Waals surface area (Å²) in [5, 5.41) is 3.19. The van der Waals surface area contributed by atoms with Crippen molar-refractivity contribution in [3.8, 4) is 5.75 Å². The number of sulfonamides is 1. The van der Waals surface area contributed by atoms with Crippen LogP contribution in [0.3, 0.4) is 0 Å². The number of carbonyl (C=O) groups excluding carboxylic acids is 1. The third-order valence-corrected chi connectivity index (χ3v) is 7.94. The number of amides is 1. The number of hydrogen-bond donors (Lipinski definition) is 1. The van der Waals surface area contributed by atoms with E-state index >= 15 is 0 Å². The largest absolute Gasteiger partial charge is 0.495 e. The van der Waals surface area contributed by atoms with E-state index in [1.54, 1.807) is 0 Å². The first-order valence-corrected chi connectivity index (χ1v) is 12.0. The van der Waals surface area contributed by atoms with Crippen molar-refractivity contribution in [2.24, 2.45) is 5.92 Å². The average molecular weight is 427 g/mol. The Bertz CT molecular complexity index is 799. The predicted octanol–water partition coefficient (Wildman–Crippen LogP) is 3.46. The van der Waals surface area contributed by atoms with E-state index in [9.17, 15) is 17.6 Å². The van der Waals surface area contributed by atoms with Gasteiger partial charge in [0, 0.05) is 25.0 Å². The minimum atomic E-state index is -3.88. The van der Waals surface area contributed by atoms with Crippen LogP contribution in [0.1, 0.15) is 57.8 Å². The molecular weight excluding hydrogens is 395 g/mol. The van der Waals surface area contributed by atoms with Crippen LogP contribution in [0.5, 0.6) is 5.75 Å². The molecule has 3 rings (SSSR count). The van der Waals surface area contributed by atoms with Crippen LogP contribution in [-0.2, 0) is 14.8 Å². The van der Waals surface area contributed by atoms with Crippen LogP contribution in [0.15, 0.2) is 23.1 Å². The number of nitrogens with zero attached hydrogens (tertiary/aromatic N) is 1. The first-order chi connectivity index (χ1) is 13.9. The fraction of sp³-hybridized carbons (Fsp3) is 0.667. The highest BCUT2D eigenvalue weighted by molar-refractivity contribution is 7.89. The van der Waals surface area contributed by atoms with Gasteiger partial charge in [-0.1, -0.05) is 32.1 Å². The third-order valence-electron chi connectivity index (χ3n) is 6.02. The first-order valence-electron chi connectivity index (χ1n) is 10.6. The van der Waals surface area contributed by atoms with Crippen molar-refractivity contribution in [1.82, 2.24) is 9.62 Å². The maximum absolute atomic E-state index is 13.6. The number of methoxy groups -OCH3 is 1. The van der Waals surface area contributed by atoms with Gasteiger partial charge in [0.2, 0.25) is 15.9 Å². The lowest BCUT2D eigenvalue weighted by atomic mass is 9.94. The minimum Gasteiger partial charge on any atom is -0.495 e. The summed E-state index contributed by atoms with van der Waals surface area (Å²) < 4.78 is 46.0. The molecule has 0 unspecified atom stereocenters. The second-order valence-electron chi connectivity index (χ2n) is 8.02. The van der Waals surface area contributed by atoms with Gasteiger partial charge < -0.3 is 10.1 Å². The number of ether oxygens (including phenoxy) is 1. The summed E-state index contributed by atoms with van der Waals surface area (Å²) in [6, 6.07) is 3.71. The molecular formula is C21H31FN2O4S. The molecule has 0 radical (unpaired) electrons. The Kier molecular flexibility index (Phi) is 7.51. The molecule has 0 bridgehead atoms. The SMILES string of the molecule is COc1ccc(F)cc1S(=O)(=O)N1CCC(C(=O)NC2CCCCCCC2)CC1. The standard InChI is InChI=1S/C21H31FN2O4S/c1-28-19-10-9-17(22)15-20(19)29(26,27)24-13-11-16(12-14-24)21(25)23-18-7-5-3-2-4-6-8-18/h9-10,15-16,18H,2-8,11-14H2,1H3,(H,23,25). The summed E-state index contributed by atoms with van der Waals surface area (Å²) in [5.41, 5.74) is 0. The van der Waals surface area contributed by atoms with Crippen LogP contribution in [0.2, 0.25) is 0 Å². The number of halogens is 1. The van der Waals surface area contributed by atoms with Gasteiger partial charge in [0.25, 0.3) is 0 Å². The van der Waals surface area contributed by atoms with Gasteiger partial charge >= 0.3 is 0 Å². The van der Waals surface area contributed by atoms with E-state index in [-0.39, 0.29) is 41.6 Å². The van der Waals surface area contributed by atoms with Crippen molar-refractivity contribution >= 4 is 15.9 Å². The number of hydrogen-bond acceptors (Lipinski definition) is 4. The van der Waals surface area contributed by atoms with Crippen molar-refractivity contribution in [3.63, 3.8) is 0 Å².